The van der Waals surface area contributed by atoms with E-state index < -0.39 is 23.3 Å². The van der Waals surface area contributed by atoms with Crippen molar-refractivity contribution in [3.8, 4) is 0 Å². The van der Waals surface area contributed by atoms with Crippen LogP contribution in [0.5, 0.6) is 0 Å². The molecular formula is C16H15NO6. The van der Waals surface area contributed by atoms with Gasteiger partial charge in [-0.1, -0.05) is 30.3 Å². The highest BCUT2D eigenvalue weighted by Gasteiger charge is 2.34. The van der Waals surface area contributed by atoms with Crippen molar-refractivity contribution in [3.63, 3.8) is 0 Å². The molecule has 1 heterocycles. The van der Waals surface area contributed by atoms with Crippen molar-refractivity contribution in [2.45, 2.75) is 0 Å². The van der Waals surface area contributed by atoms with E-state index in [1.54, 1.807) is 18.2 Å². The zero-order valence-electron chi connectivity index (χ0n) is 12.7. The molecule has 2 rings (SSSR count). The van der Waals surface area contributed by atoms with E-state index in [0.717, 1.165) is 14.2 Å². The number of Topliss-reactive ketones (excluding diaryl/α,β-unsaturated/α-hetero) is 1. The third-order valence-electron chi connectivity index (χ3n) is 3.09. The number of nitrogens with zero attached hydrogens (tertiary/aromatic N) is 1. The second-order valence-electron chi connectivity index (χ2n) is 4.46. The van der Waals surface area contributed by atoms with Gasteiger partial charge in [-0.15, -0.1) is 0 Å². The van der Waals surface area contributed by atoms with Crippen LogP contribution >= 0.6 is 0 Å². The van der Waals surface area contributed by atoms with Gasteiger partial charge < -0.3 is 14.2 Å². The van der Waals surface area contributed by atoms with Crippen LogP contribution in [0.1, 0.15) is 10.4 Å². The van der Waals surface area contributed by atoms with Crippen molar-refractivity contribution in [2.24, 2.45) is 4.99 Å². The van der Waals surface area contributed by atoms with Crippen molar-refractivity contribution in [1.82, 2.24) is 0 Å². The summed E-state index contributed by atoms with van der Waals surface area (Å²) in [4.78, 5) is 40.9. The lowest BCUT2D eigenvalue weighted by Crippen LogP contribution is -2.26. The SMILES string of the molecule is COC(=O)/C(C(=O)c1ccccc1)=C(\C(=O)OC)C1=NCCO1. The summed E-state index contributed by atoms with van der Waals surface area (Å²) in [5.41, 5.74) is -0.565. The van der Waals surface area contributed by atoms with Crippen molar-refractivity contribution in [1.29, 1.82) is 0 Å². The minimum Gasteiger partial charge on any atom is -0.475 e. The van der Waals surface area contributed by atoms with E-state index >= 15 is 0 Å². The normalized spacial score (nSPS) is 14.3. The van der Waals surface area contributed by atoms with Gasteiger partial charge >= 0.3 is 11.9 Å². The van der Waals surface area contributed by atoms with Crippen LogP contribution in [0.2, 0.25) is 0 Å². The quantitative estimate of drug-likeness (QED) is 0.264. The van der Waals surface area contributed by atoms with Crippen molar-refractivity contribution in [3.05, 3.63) is 47.0 Å². The lowest BCUT2D eigenvalue weighted by molar-refractivity contribution is -0.138. The first-order chi connectivity index (χ1) is 11.1. The fourth-order valence-corrected chi connectivity index (χ4v) is 2.03. The topological polar surface area (TPSA) is 91.3 Å². The van der Waals surface area contributed by atoms with Crippen molar-refractivity contribution < 1.29 is 28.6 Å². The molecule has 0 saturated heterocycles. The van der Waals surface area contributed by atoms with Crippen LogP contribution in [0, 0.1) is 0 Å². The maximum atomic E-state index is 12.7. The number of ketones is 1. The van der Waals surface area contributed by atoms with Gasteiger partial charge in [0.15, 0.2) is 0 Å². The van der Waals surface area contributed by atoms with Crippen LogP contribution in [0.15, 0.2) is 46.5 Å². The summed E-state index contributed by atoms with van der Waals surface area (Å²) >= 11 is 0. The summed E-state index contributed by atoms with van der Waals surface area (Å²) in [6, 6.07) is 8.06. The first-order valence-electron chi connectivity index (χ1n) is 6.78. The van der Waals surface area contributed by atoms with Crippen molar-refractivity contribution >= 4 is 23.6 Å². The van der Waals surface area contributed by atoms with Crippen LogP contribution in [0.4, 0.5) is 0 Å². The van der Waals surface area contributed by atoms with Crippen LogP contribution in [-0.4, -0.2) is 51.0 Å². The number of hydrogen-bond acceptors (Lipinski definition) is 7. The number of benzene rings is 1. The number of ether oxygens (including phenoxy) is 3. The lowest BCUT2D eigenvalue weighted by Gasteiger charge is -2.11. The number of hydrogen-bond donors (Lipinski definition) is 0. The molecule has 0 spiro atoms. The maximum Gasteiger partial charge on any atom is 0.344 e. The van der Waals surface area contributed by atoms with Gasteiger partial charge in [-0.25, -0.2) is 14.6 Å². The minimum absolute atomic E-state index is 0.0958. The highest BCUT2D eigenvalue weighted by molar-refractivity contribution is 6.33. The first kappa shape index (κ1) is 16.4. The molecule has 7 nitrogen and oxygen atoms in total. The Morgan fingerprint density at radius 1 is 1.04 bits per heavy atom. The summed E-state index contributed by atoms with van der Waals surface area (Å²) in [6.07, 6.45) is 0. The molecule has 7 heteroatoms. The van der Waals surface area contributed by atoms with E-state index in [9.17, 15) is 14.4 Å². The molecule has 120 valence electrons. The summed E-state index contributed by atoms with van der Waals surface area (Å²) in [5.74, 6) is -2.62. The Balaban J connectivity index is 2.64. The number of aliphatic imine (C=N–C) groups is 1. The number of rotatable bonds is 5. The largest absolute Gasteiger partial charge is 0.475 e. The molecule has 0 radical (unpaired) electrons. The number of esters is 2. The number of methoxy groups -OCH3 is 2. The predicted molar refractivity (Wildman–Crippen MR) is 80.1 cm³/mol. The summed E-state index contributed by atoms with van der Waals surface area (Å²) in [5, 5.41) is 0. The Kier molecular flexibility index (Phi) is 5.24. The minimum atomic E-state index is -0.961. The molecular weight excluding hydrogens is 302 g/mol. The molecule has 0 fully saturated rings. The van der Waals surface area contributed by atoms with E-state index in [-0.39, 0.29) is 23.6 Å². The number of carbonyl (C=O) groups excluding carboxylic acids is 3. The molecule has 1 aromatic rings. The van der Waals surface area contributed by atoms with Gasteiger partial charge in [0.25, 0.3) is 0 Å². The van der Waals surface area contributed by atoms with Crippen LogP contribution in [0.25, 0.3) is 0 Å². The van der Waals surface area contributed by atoms with Crippen LogP contribution in [0.3, 0.4) is 0 Å². The Morgan fingerprint density at radius 3 is 2.22 bits per heavy atom. The standard InChI is InChI=1S/C16H15NO6/c1-21-15(19)11(13(18)10-6-4-3-5-7-10)12(16(20)22-2)14-17-8-9-23-14/h3-7H,8-9H2,1-2H3/b12-11-. The molecule has 0 N–H and O–H groups in total. The Hall–Kier alpha value is -2.96. The Morgan fingerprint density at radius 2 is 1.70 bits per heavy atom. The average Bonchev–Trinajstić information content (AvgIpc) is 3.12. The van der Waals surface area contributed by atoms with E-state index in [4.69, 9.17) is 4.74 Å². The molecule has 0 bridgehead atoms. The summed E-state index contributed by atoms with van der Waals surface area (Å²) in [7, 11) is 2.26. The maximum absolute atomic E-state index is 12.7. The fraction of sp³-hybridized carbons (Fsp3) is 0.250. The summed E-state index contributed by atoms with van der Waals surface area (Å²) < 4.78 is 14.6. The van der Waals surface area contributed by atoms with E-state index in [2.05, 4.69) is 14.5 Å². The molecule has 23 heavy (non-hydrogen) atoms. The smallest absolute Gasteiger partial charge is 0.344 e. The summed E-state index contributed by atoms with van der Waals surface area (Å²) in [6.45, 7) is 0.577. The van der Waals surface area contributed by atoms with Crippen molar-refractivity contribution in [2.75, 3.05) is 27.4 Å². The van der Waals surface area contributed by atoms with Gasteiger partial charge in [-0.2, -0.15) is 0 Å². The van der Waals surface area contributed by atoms with Gasteiger partial charge in [-0.3, -0.25) is 4.79 Å². The molecule has 0 aliphatic carbocycles. The zero-order valence-corrected chi connectivity index (χ0v) is 12.7. The fourth-order valence-electron chi connectivity index (χ4n) is 2.03. The second kappa shape index (κ2) is 7.35. The molecule has 1 aromatic carbocycles. The first-order valence-corrected chi connectivity index (χ1v) is 6.78. The molecule has 0 saturated carbocycles. The van der Waals surface area contributed by atoms with E-state index in [1.165, 1.54) is 12.1 Å². The Bertz CT molecular complexity index is 690. The van der Waals surface area contributed by atoms with Gasteiger partial charge in [0.2, 0.25) is 11.7 Å². The molecule has 0 amide bonds. The monoisotopic (exact) mass is 317 g/mol. The second-order valence-corrected chi connectivity index (χ2v) is 4.46. The molecule has 1 aliphatic heterocycles. The van der Waals surface area contributed by atoms with Gasteiger partial charge in [0.1, 0.15) is 17.8 Å². The molecule has 1 aliphatic rings. The molecule has 0 atom stereocenters. The highest BCUT2D eigenvalue weighted by Crippen LogP contribution is 2.19. The predicted octanol–water partition coefficient (Wildman–Crippen LogP) is 0.941. The van der Waals surface area contributed by atoms with Gasteiger partial charge in [-0.05, 0) is 0 Å². The van der Waals surface area contributed by atoms with E-state index in [0.29, 0.717) is 6.54 Å². The van der Waals surface area contributed by atoms with Gasteiger partial charge in [0, 0.05) is 5.56 Å². The highest BCUT2D eigenvalue weighted by atomic mass is 16.5. The molecule has 0 aromatic heterocycles. The Labute approximate surface area is 132 Å². The molecule has 0 unspecified atom stereocenters. The zero-order chi connectivity index (χ0) is 16.8. The average molecular weight is 317 g/mol. The third kappa shape index (κ3) is 3.45. The number of carbonyl (C=O) groups is 3. The lowest BCUT2D eigenvalue weighted by atomic mass is 9.98. The third-order valence-corrected chi connectivity index (χ3v) is 3.09. The van der Waals surface area contributed by atoms with E-state index in [1.807, 2.05) is 0 Å². The van der Waals surface area contributed by atoms with Crippen LogP contribution in [-0.2, 0) is 23.8 Å². The van der Waals surface area contributed by atoms with Gasteiger partial charge in [0.05, 0.1) is 20.8 Å². The van der Waals surface area contributed by atoms with Crippen LogP contribution < -0.4 is 0 Å².